The molecule has 1 aromatic rings. The van der Waals surface area contributed by atoms with Crippen LogP contribution in [0.15, 0.2) is 36.9 Å². The van der Waals surface area contributed by atoms with Crippen molar-refractivity contribution in [1.82, 2.24) is 15.1 Å². The minimum Gasteiger partial charge on any atom is -0.336 e. The lowest BCUT2D eigenvalue weighted by Gasteiger charge is -2.50. The molecule has 3 saturated heterocycles. The van der Waals surface area contributed by atoms with Gasteiger partial charge in [-0.15, -0.1) is 6.58 Å². The molecule has 2 amide bonds. The number of hydrogen-bond acceptors (Lipinski definition) is 4. The summed E-state index contributed by atoms with van der Waals surface area (Å²) in [6.07, 6.45) is 4.37. The molecule has 3 aliphatic heterocycles. The first-order chi connectivity index (χ1) is 13.5. The van der Waals surface area contributed by atoms with Crippen LogP contribution in [0.25, 0.3) is 0 Å². The molecule has 6 nitrogen and oxygen atoms in total. The number of hydrogen-bond donors (Lipinski definition) is 2. The Morgan fingerprint density at radius 2 is 2.07 bits per heavy atom. The summed E-state index contributed by atoms with van der Waals surface area (Å²) in [4.78, 5) is 28.4. The van der Waals surface area contributed by atoms with Gasteiger partial charge in [-0.1, -0.05) is 6.08 Å². The van der Waals surface area contributed by atoms with Crippen LogP contribution < -0.4 is 10.6 Å². The first-order valence-electron chi connectivity index (χ1n) is 10.2. The standard InChI is InChI=1S/C22H32N4O2/c1-4-10-25(3)14-19-15-26-11-9-18(19)12-21(26)13-23-22(28)24-20-7-5-17(6-8-20)16(2)27/h4-8,18-19,21H,1,9-15H2,2-3H3,(H2,23,24,28). The van der Waals surface area contributed by atoms with E-state index in [1.54, 1.807) is 24.3 Å². The Morgan fingerprint density at radius 3 is 2.68 bits per heavy atom. The average molecular weight is 385 g/mol. The van der Waals surface area contributed by atoms with Gasteiger partial charge in [-0.2, -0.15) is 0 Å². The van der Waals surface area contributed by atoms with E-state index in [9.17, 15) is 9.59 Å². The third kappa shape index (κ3) is 5.20. The van der Waals surface area contributed by atoms with Gasteiger partial charge in [-0.05, 0) is 69.5 Å². The van der Waals surface area contributed by atoms with Crippen LogP contribution >= 0.6 is 0 Å². The largest absolute Gasteiger partial charge is 0.336 e. The van der Waals surface area contributed by atoms with Gasteiger partial charge < -0.3 is 15.5 Å². The number of carbonyl (C=O) groups excluding carboxylic acids is 2. The fourth-order valence-electron chi connectivity index (χ4n) is 4.54. The molecule has 28 heavy (non-hydrogen) atoms. The molecule has 6 heteroatoms. The van der Waals surface area contributed by atoms with Crippen LogP contribution in [-0.4, -0.2) is 67.4 Å². The number of likely N-dealkylation sites (N-methyl/N-ethyl adjacent to an activating group) is 1. The number of amides is 2. The van der Waals surface area contributed by atoms with Crippen LogP contribution in [0.5, 0.6) is 0 Å². The lowest BCUT2D eigenvalue weighted by molar-refractivity contribution is -0.00709. The number of ketones is 1. The van der Waals surface area contributed by atoms with Crippen LogP contribution in [0.3, 0.4) is 0 Å². The van der Waals surface area contributed by atoms with E-state index in [0.717, 1.165) is 38.5 Å². The summed E-state index contributed by atoms with van der Waals surface area (Å²) in [5, 5.41) is 5.86. The van der Waals surface area contributed by atoms with E-state index < -0.39 is 0 Å². The molecule has 0 saturated carbocycles. The van der Waals surface area contributed by atoms with Gasteiger partial charge in [0.05, 0.1) is 0 Å². The van der Waals surface area contributed by atoms with Crippen LogP contribution in [0.4, 0.5) is 10.5 Å². The van der Waals surface area contributed by atoms with Crippen molar-refractivity contribution in [2.45, 2.75) is 25.8 Å². The molecule has 0 radical (unpaired) electrons. The molecule has 0 aromatic heterocycles. The minimum absolute atomic E-state index is 0.0198. The number of carbonyl (C=O) groups is 2. The second kappa shape index (κ2) is 9.34. The fraction of sp³-hybridized carbons (Fsp3) is 0.545. The van der Waals surface area contributed by atoms with E-state index in [1.807, 2.05) is 6.08 Å². The highest BCUT2D eigenvalue weighted by molar-refractivity contribution is 5.95. The third-order valence-electron chi connectivity index (χ3n) is 6.05. The summed E-state index contributed by atoms with van der Waals surface area (Å²) in [5.41, 5.74) is 1.34. The third-order valence-corrected chi connectivity index (χ3v) is 6.05. The number of piperidine rings is 3. The van der Waals surface area contributed by atoms with E-state index in [1.165, 1.54) is 13.3 Å². The maximum Gasteiger partial charge on any atom is 0.319 e. The molecular formula is C22H32N4O2. The summed E-state index contributed by atoms with van der Waals surface area (Å²) in [5.74, 6) is 1.47. The summed E-state index contributed by atoms with van der Waals surface area (Å²) < 4.78 is 0. The van der Waals surface area contributed by atoms with E-state index in [4.69, 9.17) is 0 Å². The van der Waals surface area contributed by atoms with Crippen molar-refractivity contribution >= 4 is 17.5 Å². The van der Waals surface area contributed by atoms with Crippen molar-refractivity contribution in [2.75, 3.05) is 45.1 Å². The van der Waals surface area contributed by atoms with Crippen LogP contribution in [0.2, 0.25) is 0 Å². The predicted octanol–water partition coefficient (Wildman–Crippen LogP) is 2.84. The van der Waals surface area contributed by atoms with E-state index >= 15 is 0 Å². The molecule has 2 N–H and O–H groups in total. The second-order valence-electron chi connectivity index (χ2n) is 8.17. The molecule has 3 heterocycles. The van der Waals surface area contributed by atoms with Gasteiger partial charge in [0, 0.05) is 43.5 Å². The molecule has 4 atom stereocenters. The molecule has 4 rings (SSSR count). The molecule has 1 aromatic carbocycles. The second-order valence-corrected chi connectivity index (χ2v) is 8.17. The van der Waals surface area contributed by atoms with Gasteiger partial charge in [-0.25, -0.2) is 4.79 Å². The lowest BCUT2D eigenvalue weighted by atomic mass is 9.75. The SMILES string of the molecule is C=CCN(C)CC1CN2CCC1CC2CNC(=O)Nc1ccc(C(C)=O)cc1. The van der Waals surface area contributed by atoms with Gasteiger partial charge in [0.15, 0.2) is 5.78 Å². The molecule has 152 valence electrons. The Labute approximate surface area is 168 Å². The fourth-order valence-corrected chi connectivity index (χ4v) is 4.54. The van der Waals surface area contributed by atoms with E-state index in [0.29, 0.717) is 29.8 Å². The number of anilines is 1. The van der Waals surface area contributed by atoms with Gasteiger partial charge in [0.25, 0.3) is 0 Å². The summed E-state index contributed by atoms with van der Waals surface area (Å²) in [6, 6.07) is 7.20. The number of fused-ring (bicyclic) bond motifs is 3. The normalized spacial score (nSPS) is 26.1. The summed E-state index contributed by atoms with van der Waals surface area (Å²) >= 11 is 0. The predicted molar refractivity (Wildman–Crippen MR) is 113 cm³/mol. The number of Topliss-reactive ketones (excluding diaryl/α,β-unsaturated/α-hetero) is 1. The molecule has 4 unspecified atom stereocenters. The highest BCUT2D eigenvalue weighted by Crippen LogP contribution is 2.36. The van der Waals surface area contributed by atoms with Gasteiger partial charge in [0.1, 0.15) is 0 Å². The average Bonchev–Trinajstić information content (AvgIpc) is 2.68. The minimum atomic E-state index is -0.194. The number of benzene rings is 1. The Balaban J connectivity index is 1.44. The van der Waals surface area contributed by atoms with Crippen LogP contribution in [-0.2, 0) is 0 Å². The molecular weight excluding hydrogens is 352 g/mol. The molecule has 0 aliphatic carbocycles. The number of nitrogens with zero attached hydrogens (tertiary/aromatic N) is 2. The Kier molecular flexibility index (Phi) is 6.86. The van der Waals surface area contributed by atoms with Crippen molar-refractivity contribution in [1.29, 1.82) is 0 Å². The van der Waals surface area contributed by atoms with Gasteiger partial charge in [0.2, 0.25) is 0 Å². The summed E-state index contributed by atoms with van der Waals surface area (Å²) in [7, 11) is 2.16. The van der Waals surface area contributed by atoms with Crippen molar-refractivity contribution in [3.05, 3.63) is 42.5 Å². The zero-order valence-electron chi connectivity index (χ0n) is 17.0. The van der Waals surface area contributed by atoms with Crippen LogP contribution in [0.1, 0.15) is 30.1 Å². The smallest absolute Gasteiger partial charge is 0.319 e. The zero-order chi connectivity index (χ0) is 20.1. The maximum absolute atomic E-state index is 12.2. The monoisotopic (exact) mass is 384 g/mol. The van der Waals surface area contributed by atoms with Crippen molar-refractivity contribution in [3.63, 3.8) is 0 Å². The van der Waals surface area contributed by atoms with Crippen molar-refractivity contribution in [2.24, 2.45) is 11.8 Å². The molecule has 0 spiro atoms. The Bertz CT molecular complexity index is 703. The molecule has 3 aliphatic rings. The number of nitrogens with one attached hydrogen (secondary N) is 2. The summed E-state index contributed by atoms with van der Waals surface area (Å²) in [6.45, 7) is 10.3. The van der Waals surface area contributed by atoms with Crippen LogP contribution in [0, 0.1) is 11.8 Å². The maximum atomic E-state index is 12.2. The Hall–Kier alpha value is -2.18. The lowest BCUT2D eigenvalue weighted by Crippen LogP contribution is -2.58. The first-order valence-corrected chi connectivity index (χ1v) is 10.2. The first kappa shape index (κ1) is 20.6. The zero-order valence-corrected chi connectivity index (χ0v) is 17.0. The number of rotatable bonds is 8. The van der Waals surface area contributed by atoms with Crippen molar-refractivity contribution < 1.29 is 9.59 Å². The van der Waals surface area contributed by atoms with Gasteiger partial charge >= 0.3 is 6.03 Å². The van der Waals surface area contributed by atoms with E-state index in [2.05, 4.69) is 34.1 Å². The highest BCUT2D eigenvalue weighted by atomic mass is 16.2. The Morgan fingerprint density at radius 1 is 1.32 bits per heavy atom. The highest BCUT2D eigenvalue weighted by Gasteiger charge is 2.40. The van der Waals surface area contributed by atoms with Gasteiger partial charge in [-0.3, -0.25) is 9.69 Å². The number of urea groups is 1. The topological polar surface area (TPSA) is 64.7 Å². The molecule has 3 fully saturated rings. The van der Waals surface area contributed by atoms with Crippen molar-refractivity contribution in [3.8, 4) is 0 Å². The quantitative estimate of drug-likeness (QED) is 0.534. The van der Waals surface area contributed by atoms with E-state index in [-0.39, 0.29) is 11.8 Å². The molecule has 2 bridgehead atoms.